The van der Waals surface area contributed by atoms with Crippen molar-refractivity contribution in [2.75, 3.05) is 11.4 Å². The van der Waals surface area contributed by atoms with Gasteiger partial charge in [0.05, 0.1) is 23.0 Å². The first-order valence-electron chi connectivity index (χ1n) is 13.6. The second-order valence-electron chi connectivity index (χ2n) is 10.4. The zero-order valence-corrected chi connectivity index (χ0v) is 22.0. The predicted octanol–water partition coefficient (Wildman–Crippen LogP) is 6.41. The van der Waals surface area contributed by atoms with E-state index in [1.165, 1.54) is 5.56 Å². The molecule has 0 saturated heterocycles. The summed E-state index contributed by atoms with van der Waals surface area (Å²) >= 11 is 0. The number of aromatic nitrogens is 1. The van der Waals surface area contributed by atoms with Crippen molar-refractivity contribution in [3.05, 3.63) is 120 Å². The lowest BCUT2D eigenvalue weighted by molar-refractivity contribution is -0.137. The van der Waals surface area contributed by atoms with Crippen molar-refractivity contribution in [3.63, 3.8) is 0 Å². The molecule has 1 aromatic heterocycles. The molecule has 1 saturated carbocycles. The van der Waals surface area contributed by atoms with Crippen LogP contribution in [0.5, 0.6) is 0 Å². The molecule has 2 aliphatic rings. The summed E-state index contributed by atoms with van der Waals surface area (Å²) in [7, 11) is 0. The number of anilines is 1. The van der Waals surface area contributed by atoms with Gasteiger partial charge in [-0.25, -0.2) is 0 Å². The Bertz CT molecular complexity index is 1450. The molecule has 1 aliphatic heterocycles. The second kappa shape index (κ2) is 9.97. The number of carbonyl (C=O) groups excluding carboxylic acids is 2. The molecule has 0 N–H and O–H groups in total. The maximum atomic E-state index is 14.4. The minimum Gasteiger partial charge on any atom is -0.330 e. The number of benzene rings is 3. The summed E-state index contributed by atoms with van der Waals surface area (Å²) in [5.41, 5.74) is 6.13. The maximum Gasteiger partial charge on any atom is 0.247 e. The lowest BCUT2D eigenvalue weighted by atomic mass is 9.94. The van der Waals surface area contributed by atoms with E-state index in [-0.39, 0.29) is 36.4 Å². The average Bonchev–Trinajstić information content (AvgIpc) is 3.67. The molecule has 2 unspecified atom stereocenters. The van der Waals surface area contributed by atoms with Crippen molar-refractivity contribution >= 4 is 17.5 Å². The highest BCUT2D eigenvalue weighted by atomic mass is 16.2. The number of hydrogen-bond donors (Lipinski definition) is 0. The first-order chi connectivity index (χ1) is 18.6. The lowest BCUT2D eigenvalue weighted by Gasteiger charge is -2.40. The monoisotopic (exact) mass is 503 g/mol. The Morgan fingerprint density at radius 2 is 1.55 bits per heavy atom. The molecule has 2 atom stereocenters. The Balaban J connectivity index is 1.38. The van der Waals surface area contributed by atoms with Crippen molar-refractivity contribution in [1.29, 1.82) is 0 Å². The largest absolute Gasteiger partial charge is 0.330 e. The van der Waals surface area contributed by atoms with E-state index in [9.17, 15) is 9.59 Å². The number of para-hydroxylation sites is 2. The van der Waals surface area contributed by atoms with Gasteiger partial charge in [-0.3, -0.25) is 14.5 Å². The SMILES string of the molecule is CCC(C(=O)N(CC(=O)N1c2ccccc2-n2cccc2C1c1ccc(C)cc1)C1CC1)c1ccccc1. The fourth-order valence-electron chi connectivity index (χ4n) is 5.76. The summed E-state index contributed by atoms with van der Waals surface area (Å²) in [5, 5.41) is 0. The van der Waals surface area contributed by atoms with Crippen LogP contribution in [0.2, 0.25) is 0 Å². The zero-order chi connectivity index (χ0) is 26.2. The van der Waals surface area contributed by atoms with E-state index < -0.39 is 0 Å². The third-order valence-corrected chi connectivity index (χ3v) is 7.87. The highest BCUT2D eigenvalue weighted by molar-refractivity contribution is 6.01. The van der Waals surface area contributed by atoms with E-state index in [0.29, 0.717) is 6.42 Å². The summed E-state index contributed by atoms with van der Waals surface area (Å²) in [6.45, 7) is 4.19. The summed E-state index contributed by atoms with van der Waals surface area (Å²) in [6.07, 6.45) is 4.66. The highest BCUT2D eigenvalue weighted by Crippen LogP contribution is 2.43. The Hall–Kier alpha value is -4.12. The minimum absolute atomic E-state index is 0.0510. The van der Waals surface area contributed by atoms with Crippen LogP contribution in [-0.4, -0.2) is 33.9 Å². The number of carbonyl (C=O) groups is 2. The van der Waals surface area contributed by atoms with Crippen LogP contribution in [0, 0.1) is 6.92 Å². The first kappa shape index (κ1) is 24.2. The summed E-state index contributed by atoms with van der Waals surface area (Å²) < 4.78 is 2.18. The number of amides is 2. The summed E-state index contributed by atoms with van der Waals surface area (Å²) in [6, 6.07) is 30.4. The summed E-state index contributed by atoms with van der Waals surface area (Å²) in [4.78, 5) is 32.0. The number of hydrogen-bond acceptors (Lipinski definition) is 2. The molecule has 5 nitrogen and oxygen atoms in total. The van der Waals surface area contributed by atoms with E-state index in [1.54, 1.807) is 0 Å². The molecule has 4 aromatic rings. The molecular weight excluding hydrogens is 470 g/mol. The molecule has 2 amide bonds. The molecule has 0 spiro atoms. The molecule has 192 valence electrons. The number of rotatable bonds is 7. The fourth-order valence-corrected chi connectivity index (χ4v) is 5.76. The third-order valence-electron chi connectivity index (χ3n) is 7.87. The molecule has 3 aromatic carbocycles. The second-order valence-corrected chi connectivity index (χ2v) is 10.4. The van der Waals surface area contributed by atoms with E-state index in [0.717, 1.165) is 41.0 Å². The van der Waals surface area contributed by atoms with Crippen LogP contribution in [0.15, 0.2) is 97.2 Å². The van der Waals surface area contributed by atoms with Gasteiger partial charge in [0.15, 0.2) is 0 Å². The molecule has 5 heteroatoms. The standard InChI is InChI=1S/C33H33N3O2/c1-3-27(24-10-5-4-6-11-24)33(38)35(26-19-20-26)22-31(37)36-29-13-8-7-12-28(29)34-21-9-14-30(34)32(36)25-17-15-23(2)16-18-25/h4-18,21,26-27,32H,3,19-20,22H2,1-2H3. The average molecular weight is 504 g/mol. The van der Waals surface area contributed by atoms with Gasteiger partial charge in [-0.1, -0.05) is 79.2 Å². The number of fused-ring (bicyclic) bond motifs is 3. The van der Waals surface area contributed by atoms with Crippen molar-refractivity contribution in [2.45, 2.75) is 51.1 Å². The quantitative estimate of drug-likeness (QED) is 0.293. The van der Waals surface area contributed by atoms with Crippen molar-refractivity contribution in [2.24, 2.45) is 0 Å². The van der Waals surface area contributed by atoms with Gasteiger partial charge in [0, 0.05) is 12.2 Å². The van der Waals surface area contributed by atoms with Crippen molar-refractivity contribution in [1.82, 2.24) is 9.47 Å². The smallest absolute Gasteiger partial charge is 0.247 e. The predicted molar refractivity (Wildman–Crippen MR) is 150 cm³/mol. The van der Waals surface area contributed by atoms with Gasteiger partial charge in [-0.05, 0) is 61.6 Å². The van der Waals surface area contributed by atoms with E-state index in [1.807, 2.05) is 71.3 Å². The normalized spacial score (nSPS) is 16.9. The van der Waals surface area contributed by atoms with Gasteiger partial charge in [0.2, 0.25) is 11.8 Å². The Morgan fingerprint density at radius 3 is 2.24 bits per heavy atom. The Kier molecular flexibility index (Phi) is 6.36. The van der Waals surface area contributed by atoms with Gasteiger partial charge in [-0.2, -0.15) is 0 Å². The number of nitrogens with zero attached hydrogens (tertiary/aromatic N) is 3. The molecule has 1 aliphatic carbocycles. The minimum atomic E-state index is -0.278. The van der Waals surface area contributed by atoms with Crippen LogP contribution in [0.4, 0.5) is 5.69 Å². The van der Waals surface area contributed by atoms with E-state index >= 15 is 0 Å². The van der Waals surface area contributed by atoms with Crippen LogP contribution >= 0.6 is 0 Å². The maximum absolute atomic E-state index is 14.4. The van der Waals surface area contributed by atoms with Crippen molar-refractivity contribution in [3.8, 4) is 5.69 Å². The Morgan fingerprint density at radius 1 is 0.868 bits per heavy atom. The molecule has 6 rings (SSSR count). The van der Waals surface area contributed by atoms with Crippen LogP contribution < -0.4 is 4.90 Å². The van der Waals surface area contributed by atoms with Crippen LogP contribution in [-0.2, 0) is 9.59 Å². The van der Waals surface area contributed by atoms with Gasteiger partial charge < -0.3 is 9.47 Å². The lowest BCUT2D eigenvalue weighted by Crippen LogP contribution is -2.48. The molecule has 2 heterocycles. The Labute approximate surface area is 224 Å². The van der Waals surface area contributed by atoms with Gasteiger partial charge in [0.25, 0.3) is 0 Å². The molecular formula is C33H33N3O2. The van der Waals surface area contributed by atoms with Crippen molar-refractivity contribution < 1.29 is 9.59 Å². The molecule has 38 heavy (non-hydrogen) atoms. The zero-order valence-electron chi connectivity index (χ0n) is 22.0. The molecule has 1 fully saturated rings. The van der Waals surface area contributed by atoms with Crippen LogP contribution in [0.3, 0.4) is 0 Å². The van der Waals surface area contributed by atoms with Gasteiger partial charge in [0.1, 0.15) is 12.6 Å². The van der Waals surface area contributed by atoms with Crippen LogP contribution in [0.25, 0.3) is 5.69 Å². The fraction of sp³-hybridized carbons (Fsp3) is 0.273. The third kappa shape index (κ3) is 4.32. The van der Waals surface area contributed by atoms with Gasteiger partial charge in [-0.15, -0.1) is 0 Å². The topological polar surface area (TPSA) is 45.6 Å². The number of aryl methyl sites for hydroxylation is 1. The molecule has 0 bridgehead atoms. The summed E-state index contributed by atoms with van der Waals surface area (Å²) in [5.74, 6) is -0.253. The van der Waals surface area contributed by atoms with E-state index in [4.69, 9.17) is 0 Å². The first-order valence-corrected chi connectivity index (χ1v) is 13.6. The molecule has 0 radical (unpaired) electrons. The van der Waals surface area contributed by atoms with Gasteiger partial charge >= 0.3 is 0 Å². The van der Waals surface area contributed by atoms with Crippen LogP contribution in [0.1, 0.15) is 60.5 Å². The highest BCUT2D eigenvalue weighted by Gasteiger charge is 2.41. The van der Waals surface area contributed by atoms with E-state index in [2.05, 4.69) is 54.1 Å².